The van der Waals surface area contributed by atoms with Crippen LogP contribution < -0.4 is 10.9 Å². The van der Waals surface area contributed by atoms with E-state index in [0.717, 1.165) is 16.3 Å². The summed E-state index contributed by atoms with van der Waals surface area (Å²) in [7, 11) is -3.52. The zero-order valence-electron chi connectivity index (χ0n) is 12.3. The van der Waals surface area contributed by atoms with Crippen molar-refractivity contribution in [3.8, 4) is 0 Å². The maximum Gasteiger partial charge on any atom is 0.272 e. The lowest BCUT2D eigenvalue weighted by atomic mass is 10.2. The zero-order valence-corrected chi connectivity index (χ0v) is 13.1. The number of nitrogens with one attached hydrogen (secondary N) is 3. The predicted octanol–water partition coefficient (Wildman–Crippen LogP) is 0.603. The molecule has 3 heterocycles. The van der Waals surface area contributed by atoms with Crippen LogP contribution in [0.1, 0.15) is 0 Å². The van der Waals surface area contributed by atoms with Gasteiger partial charge in [-0.05, 0) is 24.3 Å². The smallest absolute Gasteiger partial charge is 0.272 e. The molecule has 0 saturated carbocycles. The van der Waals surface area contributed by atoms with Gasteiger partial charge in [0.05, 0.1) is 4.90 Å². The summed E-state index contributed by atoms with van der Waals surface area (Å²) < 4.78 is 27.0. The van der Waals surface area contributed by atoms with Crippen LogP contribution >= 0.6 is 0 Å². The number of sulfonamides is 1. The first-order chi connectivity index (χ1) is 11.1. The average molecular weight is 332 g/mol. The number of hydrogen-bond donors (Lipinski definition) is 3. The molecular formula is C15H16N4O3S. The maximum atomic E-state index is 12.8. The molecule has 23 heavy (non-hydrogen) atoms. The van der Waals surface area contributed by atoms with Crippen LogP contribution in [0.3, 0.4) is 0 Å². The van der Waals surface area contributed by atoms with E-state index in [-0.39, 0.29) is 10.5 Å². The maximum absolute atomic E-state index is 12.8. The van der Waals surface area contributed by atoms with Crippen LogP contribution in [0.25, 0.3) is 21.8 Å². The molecule has 0 radical (unpaired) electrons. The Balaban J connectivity index is 1.90. The standard InChI is InChI=1S/C15H16N4O3S/c20-15-14-11(3-4-17-15)12-9-10(1-2-13(12)18-14)23(21,22)19-7-5-16-6-8-19/h1-4,9,16,18H,5-8H2,(H,17,20). The number of fused-ring (bicyclic) bond motifs is 3. The van der Waals surface area contributed by atoms with Crippen molar-refractivity contribution in [1.29, 1.82) is 0 Å². The molecule has 0 unspecified atom stereocenters. The molecule has 0 bridgehead atoms. The van der Waals surface area contributed by atoms with Gasteiger partial charge in [-0.25, -0.2) is 8.42 Å². The number of H-pyrrole nitrogens is 2. The lowest BCUT2D eigenvalue weighted by molar-refractivity contribution is 0.360. The Morgan fingerprint density at radius 3 is 2.61 bits per heavy atom. The largest absolute Gasteiger partial charge is 0.350 e. The quantitative estimate of drug-likeness (QED) is 0.640. The third-order valence-electron chi connectivity index (χ3n) is 4.22. The van der Waals surface area contributed by atoms with Gasteiger partial charge in [-0.15, -0.1) is 0 Å². The monoisotopic (exact) mass is 332 g/mol. The highest BCUT2D eigenvalue weighted by molar-refractivity contribution is 7.89. The fraction of sp³-hybridized carbons (Fsp3) is 0.267. The number of nitrogens with zero attached hydrogens (tertiary/aromatic N) is 1. The van der Waals surface area contributed by atoms with Crippen molar-refractivity contribution in [2.45, 2.75) is 4.90 Å². The van der Waals surface area contributed by atoms with E-state index in [1.165, 1.54) is 4.31 Å². The first-order valence-corrected chi connectivity index (χ1v) is 8.85. The molecule has 1 aliphatic heterocycles. The van der Waals surface area contributed by atoms with Crippen LogP contribution in [-0.4, -0.2) is 48.9 Å². The SMILES string of the molecule is O=c1[nH]ccc2c1[nH]c1ccc(S(=O)(=O)N3CCNCC3)cc12. The van der Waals surface area contributed by atoms with Gasteiger partial charge in [-0.3, -0.25) is 4.79 Å². The van der Waals surface area contributed by atoms with Gasteiger partial charge in [0.2, 0.25) is 10.0 Å². The average Bonchev–Trinajstić information content (AvgIpc) is 2.95. The molecule has 1 saturated heterocycles. The van der Waals surface area contributed by atoms with E-state index >= 15 is 0 Å². The van der Waals surface area contributed by atoms with E-state index in [2.05, 4.69) is 15.3 Å². The Labute approximate surface area is 132 Å². The highest BCUT2D eigenvalue weighted by Gasteiger charge is 2.26. The first-order valence-electron chi connectivity index (χ1n) is 7.41. The van der Waals surface area contributed by atoms with Gasteiger partial charge in [-0.2, -0.15) is 4.31 Å². The van der Waals surface area contributed by atoms with Crippen molar-refractivity contribution in [2.75, 3.05) is 26.2 Å². The van der Waals surface area contributed by atoms with Gasteiger partial charge < -0.3 is 15.3 Å². The summed E-state index contributed by atoms with van der Waals surface area (Å²) in [5.74, 6) is 0. The summed E-state index contributed by atoms with van der Waals surface area (Å²) in [5, 5.41) is 4.61. The van der Waals surface area contributed by atoms with Crippen LogP contribution in [0.2, 0.25) is 0 Å². The Bertz CT molecular complexity index is 1050. The van der Waals surface area contributed by atoms with Gasteiger partial charge in [0.25, 0.3) is 5.56 Å². The summed E-state index contributed by atoms with van der Waals surface area (Å²) in [5.41, 5.74) is 0.986. The number of hydrogen-bond acceptors (Lipinski definition) is 4. The molecule has 1 aliphatic rings. The molecule has 1 fully saturated rings. The summed E-state index contributed by atoms with van der Waals surface area (Å²) in [4.78, 5) is 17.8. The van der Waals surface area contributed by atoms with Crippen LogP contribution in [0, 0.1) is 0 Å². The van der Waals surface area contributed by atoms with Crippen LogP contribution in [0.4, 0.5) is 0 Å². The predicted molar refractivity (Wildman–Crippen MR) is 88.1 cm³/mol. The Hall–Kier alpha value is -2.16. The topological polar surface area (TPSA) is 98.1 Å². The van der Waals surface area contributed by atoms with Gasteiger partial charge in [0.15, 0.2) is 0 Å². The number of pyridine rings is 1. The lowest BCUT2D eigenvalue weighted by Gasteiger charge is -2.26. The summed E-state index contributed by atoms with van der Waals surface area (Å²) in [6.07, 6.45) is 1.56. The van der Waals surface area contributed by atoms with Gasteiger partial charge in [0, 0.05) is 48.7 Å². The number of aromatic nitrogens is 2. The van der Waals surface area contributed by atoms with Crippen molar-refractivity contribution >= 4 is 31.8 Å². The summed E-state index contributed by atoms with van der Waals surface area (Å²) >= 11 is 0. The number of piperazine rings is 1. The summed E-state index contributed by atoms with van der Waals surface area (Å²) in [6, 6.07) is 6.72. The van der Waals surface area contributed by atoms with E-state index < -0.39 is 10.0 Å². The molecule has 4 rings (SSSR count). The second kappa shape index (κ2) is 5.19. The number of benzene rings is 1. The highest BCUT2D eigenvalue weighted by atomic mass is 32.2. The van der Waals surface area contributed by atoms with Crippen molar-refractivity contribution in [1.82, 2.24) is 19.6 Å². The molecule has 8 heteroatoms. The molecule has 0 amide bonds. The van der Waals surface area contributed by atoms with Crippen LogP contribution in [-0.2, 0) is 10.0 Å². The second-order valence-corrected chi connectivity index (χ2v) is 7.52. The van der Waals surface area contributed by atoms with Crippen molar-refractivity contribution in [2.24, 2.45) is 0 Å². The minimum absolute atomic E-state index is 0.217. The van der Waals surface area contributed by atoms with Gasteiger partial charge >= 0.3 is 0 Å². The summed E-state index contributed by atoms with van der Waals surface area (Å²) in [6.45, 7) is 2.25. The normalized spacial score (nSPS) is 17.0. The van der Waals surface area contributed by atoms with Crippen molar-refractivity contribution in [3.63, 3.8) is 0 Å². The van der Waals surface area contributed by atoms with E-state index in [1.807, 2.05) is 0 Å². The second-order valence-electron chi connectivity index (χ2n) is 5.58. The van der Waals surface area contributed by atoms with E-state index in [9.17, 15) is 13.2 Å². The minimum Gasteiger partial charge on any atom is -0.350 e. The first kappa shape index (κ1) is 14.4. The molecule has 120 valence electrons. The van der Waals surface area contributed by atoms with E-state index in [0.29, 0.717) is 31.7 Å². The van der Waals surface area contributed by atoms with Crippen molar-refractivity contribution in [3.05, 3.63) is 40.8 Å². The molecule has 3 aromatic rings. The lowest BCUT2D eigenvalue weighted by Crippen LogP contribution is -2.46. The third-order valence-corrected chi connectivity index (χ3v) is 6.11. The molecule has 2 aromatic heterocycles. The van der Waals surface area contributed by atoms with Gasteiger partial charge in [-0.1, -0.05) is 0 Å². The molecular weight excluding hydrogens is 316 g/mol. The van der Waals surface area contributed by atoms with Crippen LogP contribution in [0.15, 0.2) is 40.2 Å². The fourth-order valence-corrected chi connectivity index (χ4v) is 4.48. The Morgan fingerprint density at radius 1 is 1.04 bits per heavy atom. The fourth-order valence-electron chi connectivity index (χ4n) is 3.01. The molecule has 3 N–H and O–H groups in total. The molecule has 0 aliphatic carbocycles. The van der Waals surface area contributed by atoms with Gasteiger partial charge in [0.1, 0.15) is 5.52 Å². The molecule has 0 spiro atoms. The minimum atomic E-state index is -3.52. The van der Waals surface area contributed by atoms with E-state index in [4.69, 9.17) is 0 Å². The zero-order chi connectivity index (χ0) is 16.0. The highest BCUT2D eigenvalue weighted by Crippen LogP contribution is 2.27. The van der Waals surface area contributed by atoms with Crippen molar-refractivity contribution < 1.29 is 8.42 Å². The van der Waals surface area contributed by atoms with Crippen LogP contribution in [0.5, 0.6) is 0 Å². The number of rotatable bonds is 2. The number of aromatic amines is 2. The molecule has 7 nitrogen and oxygen atoms in total. The third kappa shape index (κ3) is 2.26. The van der Waals surface area contributed by atoms with E-state index in [1.54, 1.807) is 30.5 Å². The Kier molecular flexibility index (Phi) is 3.26. The molecule has 1 aromatic carbocycles. The molecule has 0 atom stereocenters. The Morgan fingerprint density at radius 2 is 1.83 bits per heavy atom.